The molecule has 10 heteroatoms. The second-order valence-electron chi connectivity index (χ2n) is 6.42. The average Bonchev–Trinajstić information content (AvgIpc) is 2.68. The van der Waals surface area contributed by atoms with Crippen LogP contribution in [0.1, 0.15) is 29.8 Å². The molecule has 0 heterocycles. The Morgan fingerprint density at radius 1 is 1.03 bits per heavy atom. The fourth-order valence-corrected chi connectivity index (χ4v) is 5.00. The number of hydrogen-bond acceptors (Lipinski definition) is 4. The molecular weight excluding hydrogens is 449 g/mol. The Morgan fingerprint density at radius 3 is 2.30 bits per heavy atom. The lowest BCUT2D eigenvalue weighted by molar-refractivity contribution is -0.115. The minimum atomic E-state index is -3.67. The number of rotatable bonds is 8. The van der Waals surface area contributed by atoms with Crippen molar-refractivity contribution in [1.29, 1.82) is 0 Å². The van der Waals surface area contributed by atoms with E-state index in [1.54, 1.807) is 32.9 Å². The van der Waals surface area contributed by atoms with Gasteiger partial charge >= 0.3 is 0 Å². The molecule has 2 amide bonds. The van der Waals surface area contributed by atoms with Crippen LogP contribution in [0.4, 0.5) is 5.69 Å². The Morgan fingerprint density at radius 2 is 1.70 bits per heavy atom. The van der Waals surface area contributed by atoms with Gasteiger partial charge in [0.25, 0.3) is 5.91 Å². The summed E-state index contributed by atoms with van der Waals surface area (Å²) in [6, 6.07) is 9.06. The Labute approximate surface area is 186 Å². The smallest absolute Gasteiger partial charge is 0.253 e. The first kappa shape index (κ1) is 24.1. The third-order valence-electron chi connectivity index (χ3n) is 4.38. The lowest BCUT2D eigenvalue weighted by Gasteiger charge is -2.20. The zero-order valence-electron chi connectivity index (χ0n) is 16.8. The topological polar surface area (TPSA) is 95.6 Å². The van der Waals surface area contributed by atoms with Crippen molar-refractivity contribution in [3.05, 3.63) is 57.6 Å². The van der Waals surface area contributed by atoms with E-state index >= 15 is 0 Å². The SMILES string of the molecule is CCN(CC)S(=O)(=O)c1cc(NC(=O)CNC(=O)c2ccc(Cl)cc2Cl)ccc1C. The molecule has 0 unspecified atom stereocenters. The second kappa shape index (κ2) is 10.3. The van der Waals surface area contributed by atoms with E-state index in [0.717, 1.165) is 0 Å². The summed E-state index contributed by atoms with van der Waals surface area (Å²) in [7, 11) is -3.67. The minimum absolute atomic E-state index is 0.126. The molecule has 0 radical (unpaired) electrons. The predicted octanol–water partition coefficient (Wildman–Crippen LogP) is 3.70. The molecule has 0 saturated heterocycles. The highest BCUT2D eigenvalue weighted by molar-refractivity contribution is 7.89. The van der Waals surface area contributed by atoms with Gasteiger partial charge in [0, 0.05) is 23.8 Å². The fraction of sp³-hybridized carbons (Fsp3) is 0.300. The molecule has 0 aliphatic carbocycles. The Kier molecular flexibility index (Phi) is 8.25. The zero-order chi connectivity index (χ0) is 22.5. The molecule has 0 bridgehead atoms. The van der Waals surface area contributed by atoms with Gasteiger partial charge in [-0.1, -0.05) is 43.1 Å². The number of hydrogen-bond donors (Lipinski definition) is 2. The van der Waals surface area contributed by atoms with Crippen molar-refractivity contribution in [3.63, 3.8) is 0 Å². The maximum absolute atomic E-state index is 12.8. The summed E-state index contributed by atoms with van der Waals surface area (Å²) in [4.78, 5) is 24.6. The van der Waals surface area contributed by atoms with Crippen molar-refractivity contribution in [2.45, 2.75) is 25.7 Å². The number of amides is 2. The Balaban J connectivity index is 2.09. The normalized spacial score (nSPS) is 11.4. The first-order valence-corrected chi connectivity index (χ1v) is 11.4. The molecule has 0 aliphatic heterocycles. The van der Waals surface area contributed by atoms with Crippen molar-refractivity contribution >= 4 is 50.7 Å². The Bertz CT molecular complexity index is 1050. The largest absolute Gasteiger partial charge is 0.343 e. The maximum Gasteiger partial charge on any atom is 0.253 e. The van der Waals surface area contributed by atoms with Crippen LogP contribution >= 0.6 is 23.2 Å². The molecule has 7 nitrogen and oxygen atoms in total. The van der Waals surface area contributed by atoms with Crippen molar-refractivity contribution in [2.75, 3.05) is 25.0 Å². The van der Waals surface area contributed by atoms with E-state index in [1.165, 1.54) is 28.6 Å². The number of carbonyl (C=O) groups excluding carboxylic acids is 2. The second-order valence-corrected chi connectivity index (χ2v) is 9.17. The molecule has 2 aromatic carbocycles. The van der Waals surface area contributed by atoms with Gasteiger partial charge in [0.15, 0.2) is 0 Å². The molecule has 0 aromatic heterocycles. The monoisotopic (exact) mass is 471 g/mol. The molecular formula is C20H23Cl2N3O4S. The van der Waals surface area contributed by atoms with Crippen LogP contribution in [-0.2, 0) is 14.8 Å². The third-order valence-corrected chi connectivity index (χ3v) is 7.12. The number of nitrogens with one attached hydrogen (secondary N) is 2. The molecule has 0 spiro atoms. The van der Waals surface area contributed by atoms with Crippen molar-refractivity contribution in [1.82, 2.24) is 9.62 Å². The quantitative estimate of drug-likeness (QED) is 0.613. The minimum Gasteiger partial charge on any atom is -0.343 e. The summed E-state index contributed by atoms with van der Waals surface area (Å²) in [6.07, 6.45) is 0. The molecule has 0 fully saturated rings. The molecule has 2 rings (SSSR count). The third kappa shape index (κ3) is 5.72. The summed E-state index contributed by atoms with van der Waals surface area (Å²) < 4.78 is 27.0. The number of anilines is 1. The Hall–Kier alpha value is -2.13. The summed E-state index contributed by atoms with van der Waals surface area (Å²) in [5, 5.41) is 5.63. The van der Waals surface area contributed by atoms with Gasteiger partial charge in [-0.25, -0.2) is 8.42 Å². The van der Waals surface area contributed by atoms with Crippen LogP contribution in [0.2, 0.25) is 10.0 Å². The first-order valence-electron chi connectivity index (χ1n) is 9.24. The van der Waals surface area contributed by atoms with E-state index in [9.17, 15) is 18.0 Å². The molecule has 0 saturated carbocycles. The van der Waals surface area contributed by atoms with Crippen LogP contribution in [0.15, 0.2) is 41.3 Å². The standard InChI is InChI=1S/C20H23Cl2N3O4S/c1-4-25(5-2)30(28,29)18-11-15(8-6-13(18)3)24-19(26)12-23-20(27)16-9-7-14(21)10-17(16)22/h6-11H,4-5,12H2,1-3H3,(H,23,27)(H,24,26). The van der Waals surface area contributed by atoms with Gasteiger partial charge < -0.3 is 10.6 Å². The number of sulfonamides is 1. The van der Waals surface area contributed by atoms with Crippen LogP contribution in [0.25, 0.3) is 0 Å². The summed E-state index contributed by atoms with van der Waals surface area (Å²) in [6.45, 7) is 5.58. The number of carbonyl (C=O) groups is 2. The van der Waals surface area contributed by atoms with Gasteiger partial charge in [-0.3, -0.25) is 9.59 Å². The van der Waals surface area contributed by atoms with Gasteiger partial charge in [0.05, 0.1) is 22.0 Å². The van der Waals surface area contributed by atoms with Gasteiger partial charge in [-0.2, -0.15) is 4.31 Å². The molecule has 2 N–H and O–H groups in total. The summed E-state index contributed by atoms with van der Waals surface area (Å²) in [5.41, 5.74) is 1.08. The predicted molar refractivity (Wildman–Crippen MR) is 119 cm³/mol. The highest BCUT2D eigenvalue weighted by Crippen LogP contribution is 2.24. The maximum atomic E-state index is 12.8. The highest BCUT2D eigenvalue weighted by Gasteiger charge is 2.24. The van der Waals surface area contributed by atoms with Gasteiger partial charge in [0.1, 0.15) is 0 Å². The van der Waals surface area contributed by atoms with E-state index in [2.05, 4.69) is 10.6 Å². The number of benzene rings is 2. The van der Waals surface area contributed by atoms with Crippen LogP contribution < -0.4 is 10.6 Å². The molecule has 30 heavy (non-hydrogen) atoms. The summed E-state index contributed by atoms with van der Waals surface area (Å²) >= 11 is 11.8. The van der Waals surface area contributed by atoms with E-state index < -0.39 is 21.8 Å². The van der Waals surface area contributed by atoms with Crippen LogP contribution in [0.3, 0.4) is 0 Å². The lowest BCUT2D eigenvalue weighted by Crippen LogP contribution is -2.33. The zero-order valence-corrected chi connectivity index (χ0v) is 19.2. The van der Waals surface area contributed by atoms with E-state index in [1.807, 2.05) is 0 Å². The van der Waals surface area contributed by atoms with E-state index in [0.29, 0.717) is 29.4 Å². The van der Waals surface area contributed by atoms with Gasteiger partial charge in [0.2, 0.25) is 15.9 Å². The van der Waals surface area contributed by atoms with Crippen molar-refractivity contribution in [3.8, 4) is 0 Å². The molecule has 2 aromatic rings. The van der Waals surface area contributed by atoms with Crippen LogP contribution in [-0.4, -0.2) is 44.2 Å². The van der Waals surface area contributed by atoms with Gasteiger partial charge in [-0.05, 0) is 42.8 Å². The van der Waals surface area contributed by atoms with E-state index in [4.69, 9.17) is 23.2 Å². The fourth-order valence-electron chi connectivity index (χ4n) is 2.79. The summed E-state index contributed by atoms with van der Waals surface area (Å²) in [5.74, 6) is -1.04. The van der Waals surface area contributed by atoms with Crippen LogP contribution in [0.5, 0.6) is 0 Å². The van der Waals surface area contributed by atoms with Crippen molar-refractivity contribution in [2.24, 2.45) is 0 Å². The molecule has 162 valence electrons. The first-order chi connectivity index (χ1) is 14.1. The van der Waals surface area contributed by atoms with Crippen LogP contribution in [0, 0.1) is 6.92 Å². The van der Waals surface area contributed by atoms with Crippen molar-refractivity contribution < 1.29 is 18.0 Å². The van der Waals surface area contributed by atoms with Gasteiger partial charge in [-0.15, -0.1) is 0 Å². The lowest BCUT2D eigenvalue weighted by atomic mass is 10.2. The average molecular weight is 472 g/mol. The number of halogens is 2. The molecule has 0 atom stereocenters. The number of nitrogens with zero attached hydrogens (tertiary/aromatic N) is 1. The molecule has 0 aliphatic rings. The van der Waals surface area contributed by atoms with E-state index in [-0.39, 0.29) is 22.0 Å². The number of aryl methyl sites for hydroxylation is 1. The highest BCUT2D eigenvalue weighted by atomic mass is 35.5.